The predicted octanol–water partition coefficient (Wildman–Crippen LogP) is 1.98. The Kier molecular flexibility index (Phi) is 6.15. The summed E-state index contributed by atoms with van der Waals surface area (Å²) in [6.45, 7) is 3.67. The van der Waals surface area contributed by atoms with Crippen LogP contribution < -0.4 is 14.8 Å². The van der Waals surface area contributed by atoms with Crippen LogP contribution in [0.2, 0.25) is 0 Å². The van der Waals surface area contributed by atoms with E-state index < -0.39 is 0 Å². The summed E-state index contributed by atoms with van der Waals surface area (Å²) < 4.78 is 11.0. The van der Waals surface area contributed by atoms with Gasteiger partial charge in [0.05, 0.1) is 26.3 Å². The molecule has 1 aliphatic heterocycles. The first kappa shape index (κ1) is 16.7. The molecule has 2 atom stereocenters. The molecule has 2 unspecified atom stereocenters. The fourth-order valence-electron chi connectivity index (χ4n) is 2.85. The van der Waals surface area contributed by atoms with Crippen molar-refractivity contribution in [3.63, 3.8) is 0 Å². The van der Waals surface area contributed by atoms with Gasteiger partial charge in [-0.05, 0) is 26.2 Å². The van der Waals surface area contributed by atoms with Gasteiger partial charge in [0.15, 0.2) is 0 Å². The van der Waals surface area contributed by atoms with Crippen LogP contribution in [0.25, 0.3) is 0 Å². The monoisotopic (exact) mass is 306 g/mol. The summed E-state index contributed by atoms with van der Waals surface area (Å²) in [7, 11) is 7.46. The molecule has 0 bridgehead atoms. The Morgan fingerprint density at radius 3 is 2.55 bits per heavy atom. The number of nitrogens with one attached hydrogen (secondary N) is 1. The van der Waals surface area contributed by atoms with Crippen LogP contribution in [0.1, 0.15) is 11.6 Å². The molecule has 1 aromatic rings. The summed E-state index contributed by atoms with van der Waals surface area (Å²) in [6.07, 6.45) is 0. The largest absolute Gasteiger partial charge is 0.496 e. The number of hydrogen-bond donors (Lipinski definition) is 1. The van der Waals surface area contributed by atoms with Gasteiger partial charge in [0, 0.05) is 25.6 Å². The van der Waals surface area contributed by atoms with Gasteiger partial charge in [0.1, 0.15) is 17.5 Å². The van der Waals surface area contributed by atoms with Crippen LogP contribution in [0, 0.1) is 5.92 Å². The van der Waals surface area contributed by atoms with Gasteiger partial charge in [-0.1, -0.05) is 6.07 Å². The van der Waals surface area contributed by atoms with Gasteiger partial charge in [0.25, 0.3) is 0 Å². The molecule has 22 heavy (non-hydrogen) atoms. The van der Waals surface area contributed by atoms with E-state index in [2.05, 4.69) is 27.5 Å². The van der Waals surface area contributed by atoms with Crippen molar-refractivity contribution in [3.05, 3.63) is 23.8 Å². The Morgan fingerprint density at radius 1 is 1.27 bits per heavy atom. The highest BCUT2D eigenvalue weighted by atomic mass is 16.5. The number of benzene rings is 1. The van der Waals surface area contributed by atoms with Crippen LogP contribution in [0.3, 0.4) is 0 Å². The van der Waals surface area contributed by atoms with Gasteiger partial charge in [-0.25, -0.2) is 0 Å². The third-order valence-electron chi connectivity index (χ3n) is 4.02. The van der Waals surface area contributed by atoms with Crippen LogP contribution in [-0.4, -0.2) is 59.4 Å². The van der Waals surface area contributed by atoms with Crippen molar-refractivity contribution in [2.45, 2.75) is 6.04 Å². The van der Waals surface area contributed by atoms with E-state index in [0.717, 1.165) is 43.2 Å². The summed E-state index contributed by atoms with van der Waals surface area (Å²) >= 11 is 0. The number of rotatable bonds is 8. The maximum atomic E-state index is 5.51. The fraction of sp³-hybridized carbons (Fsp3) is 0.625. The highest BCUT2D eigenvalue weighted by molar-refractivity contribution is 5.47. The Hall–Kier alpha value is -1.66. The lowest BCUT2D eigenvalue weighted by atomic mass is 9.92. The van der Waals surface area contributed by atoms with E-state index in [1.165, 1.54) is 0 Å². The molecule has 0 saturated heterocycles. The summed E-state index contributed by atoms with van der Waals surface area (Å²) in [5.74, 6) is 1.97. The molecule has 2 rings (SSSR count). The SMILES string of the molecule is CNCCN(C)CC1CN=NC1c1c(OC)cccc1OC. The molecule has 1 heterocycles. The van der Waals surface area contributed by atoms with E-state index in [1.54, 1.807) is 14.2 Å². The van der Waals surface area contributed by atoms with E-state index in [0.29, 0.717) is 5.92 Å². The third kappa shape index (κ3) is 3.75. The Morgan fingerprint density at radius 2 is 1.95 bits per heavy atom. The molecular formula is C16H26N4O2. The van der Waals surface area contributed by atoms with E-state index >= 15 is 0 Å². The highest BCUT2D eigenvalue weighted by Crippen LogP contribution is 2.42. The first-order chi connectivity index (χ1) is 10.7. The maximum Gasteiger partial charge on any atom is 0.128 e. The van der Waals surface area contributed by atoms with Crippen molar-refractivity contribution in [3.8, 4) is 11.5 Å². The predicted molar refractivity (Wildman–Crippen MR) is 86.9 cm³/mol. The second-order valence-corrected chi connectivity index (χ2v) is 5.59. The minimum atomic E-state index is -0.0110. The highest BCUT2D eigenvalue weighted by Gasteiger charge is 2.33. The Labute approximate surface area is 132 Å². The number of azo groups is 1. The molecule has 6 heteroatoms. The normalized spacial score (nSPS) is 20.6. The topological polar surface area (TPSA) is 58.5 Å². The third-order valence-corrected chi connectivity index (χ3v) is 4.02. The van der Waals surface area contributed by atoms with Crippen molar-refractivity contribution in [2.75, 3.05) is 54.5 Å². The molecule has 0 aliphatic carbocycles. The lowest BCUT2D eigenvalue weighted by Gasteiger charge is -2.25. The lowest BCUT2D eigenvalue weighted by Crippen LogP contribution is -2.33. The molecule has 0 aromatic heterocycles. The van der Waals surface area contributed by atoms with Gasteiger partial charge in [-0.15, -0.1) is 0 Å². The van der Waals surface area contributed by atoms with Crippen LogP contribution in [0.4, 0.5) is 0 Å². The van der Waals surface area contributed by atoms with Crippen molar-refractivity contribution >= 4 is 0 Å². The van der Waals surface area contributed by atoms with Gasteiger partial charge in [-0.2, -0.15) is 10.2 Å². The molecule has 1 N–H and O–H groups in total. The number of hydrogen-bond acceptors (Lipinski definition) is 6. The molecular weight excluding hydrogens is 280 g/mol. The standard InChI is InChI=1S/C16H26N4O2/c1-17-8-9-20(2)11-12-10-18-19-16(12)15-13(21-3)6-5-7-14(15)22-4/h5-7,12,16-17H,8-11H2,1-4H3. The summed E-state index contributed by atoms with van der Waals surface area (Å²) in [4.78, 5) is 2.31. The smallest absolute Gasteiger partial charge is 0.128 e. The summed E-state index contributed by atoms with van der Waals surface area (Å²) in [5, 5.41) is 11.9. The maximum absolute atomic E-state index is 5.51. The lowest BCUT2D eigenvalue weighted by molar-refractivity contribution is 0.267. The number of methoxy groups -OCH3 is 2. The first-order valence-corrected chi connectivity index (χ1v) is 7.61. The minimum Gasteiger partial charge on any atom is -0.496 e. The van der Waals surface area contributed by atoms with Crippen molar-refractivity contribution in [1.29, 1.82) is 0 Å². The van der Waals surface area contributed by atoms with Crippen LogP contribution >= 0.6 is 0 Å². The fourth-order valence-corrected chi connectivity index (χ4v) is 2.85. The first-order valence-electron chi connectivity index (χ1n) is 7.61. The average Bonchev–Trinajstić information content (AvgIpc) is 2.99. The number of likely N-dealkylation sites (N-methyl/N-ethyl adjacent to an activating group) is 2. The Balaban J connectivity index is 2.18. The summed E-state index contributed by atoms with van der Waals surface area (Å²) in [5.41, 5.74) is 1.00. The van der Waals surface area contributed by atoms with Crippen LogP contribution in [0.15, 0.2) is 28.4 Å². The zero-order valence-electron chi connectivity index (χ0n) is 13.9. The van der Waals surface area contributed by atoms with E-state index in [4.69, 9.17) is 9.47 Å². The number of ether oxygens (including phenoxy) is 2. The molecule has 0 radical (unpaired) electrons. The van der Waals surface area contributed by atoms with Crippen LogP contribution in [0.5, 0.6) is 11.5 Å². The van der Waals surface area contributed by atoms with Gasteiger partial charge in [0.2, 0.25) is 0 Å². The molecule has 122 valence electrons. The molecule has 0 spiro atoms. The molecule has 0 saturated carbocycles. The van der Waals surface area contributed by atoms with Gasteiger partial charge < -0.3 is 19.7 Å². The van der Waals surface area contributed by atoms with Crippen molar-refractivity contribution in [2.24, 2.45) is 16.1 Å². The zero-order chi connectivity index (χ0) is 15.9. The van der Waals surface area contributed by atoms with E-state index in [9.17, 15) is 0 Å². The van der Waals surface area contributed by atoms with E-state index in [1.807, 2.05) is 25.2 Å². The van der Waals surface area contributed by atoms with E-state index in [-0.39, 0.29) is 6.04 Å². The van der Waals surface area contributed by atoms with Crippen LogP contribution in [-0.2, 0) is 0 Å². The second kappa shape index (κ2) is 8.10. The minimum absolute atomic E-state index is 0.0110. The molecule has 0 amide bonds. The quantitative estimate of drug-likeness (QED) is 0.798. The van der Waals surface area contributed by atoms with Crippen molar-refractivity contribution < 1.29 is 9.47 Å². The molecule has 1 aliphatic rings. The zero-order valence-corrected chi connectivity index (χ0v) is 13.9. The average molecular weight is 306 g/mol. The molecule has 0 fully saturated rings. The van der Waals surface area contributed by atoms with Gasteiger partial charge >= 0.3 is 0 Å². The molecule has 1 aromatic carbocycles. The second-order valence-electron chi connectivity index (χ2n) is 5.59. The summed E-state index contributed by atoms with van der Waals surface area (Å²) in [6, 6.07) is 5.82. The number of nitrogens with zero attached hydrogens (tertiary/aromatic N) is 3. The van der Waals surface area contributed by atoms with Crippen molar-refractivity contribution in [1.82, 2.24) is 10.2 Å². The van der Waals surface area contributed by atoms with Gasteiger partial charge in [-0.3, -0.25) is 0 Å². The molecule has 6 nitrogen and oxygen atoms in total. The Bertz CT molecular complexity index is 485.